The lowest BCUT2D eigenvalue weighted by Crippen LogP contribution is -2.56. The first kappa shape index (κ1) is 16.0. The molecule has 0 aromatic carbocycles. The van der Waals surface area contributed by atoms with Crippen molar-refractivity contribution in [1.29, 1.82) is 0 Å². The molecule has 1 aliphatic heterocycles. The molecule has 19 heavy (non-hydrogen) atoms. The highest BCUT2D eigenvalue weighted by atomic mass is 35.5. The predicted molar refractivity (Wildman–Crippen MR) is 72.9 cm³/mol. The molecule has 0 aliphatic carbocycles. The molecule has 1 N–H and O–H groups in total. The molecule has 1 saturated heterocycles. The topological polar surface area (TPSA) is 66.5 Å². The Morgan fingerprint density at radius 2 is 2.11 bits per heavy atom. The second-order valence-electron chi connectivity index (χ2n) is 5.88. The fraction of sp³-hybridized carbons (Fsp3) is 0.769. The van der Waals surface area contributed by atoms with E-state index in [-0.39, 0.29) is 23.7 Å². The molecule has 2 amide bonds. The zero-order chi connectivity index (χ0) is 14.6. The van der Waals surface area contributed by atoms with Crippen molar-refractivity contribution < 1.29 is 14.4 Å². The number of carbonyl (C=O) groups is 3. The van der Waals surface area contributed by atoms with Gasteiger partial charge in [0.05, 0.1) is 6.04 Å². The molecule has 2 atom stereocenters. The van der Waals surface area contributed by atoms with Gasteiger partial charge >= 0.3 is 0 Å². The van der Waals surface area contributed by atoms with Crippen molar-refractivity contribution >= 4 is 29.7 Å². The van der Waals surface area contributed by atoms with E-state index < -0.39 is 11.5 Å². The number of hydrogen-bond donors (Lipinski definition) is 1. The van der Waals surface area contributed by atoms with Gasteiger partial charge in [-0.2, -0.15) is 0 Å². The maximum Gasteiger partial charge on any atom is 0.246 e. The molecule has 0 aromatic heterocycles. The highest BCUT2D eigenvalue weighted by Gasteiger charge is 2.39. The second-order valence-corrected chi connectivity index (χ2v) is 6.14. The first-order valence-electron chi connectivity index (χ1n) is 6.42. The van der Waals surface area contributed by atoms with Gasteiger partial charge in [0, 0.05) is 6.54 Å². The van der Waals surface area contributed by atoms with Crippen molar-refractivity contribution in [3.05, 3.63) is 0 Å². The van der Waals surface area contributed by atoms with E-state index in [1.807, 2.05) is 20.8 Å². The van der Waals surface area contributed by atoms with Crippen molar-refractivity contribution in [2.24, 2.45) is 5.41 Å². The fourth-order valence-corrected chi connectivity index (χ4v) is 2.30. The first-order chi connectivity index (χ1) is 8.81. The van der Waals surface area contributed by atoms with Crippen LogP contribution in [0.25, 0.3) is 0 Å². The summed E-state index contributed by atoms with van der Waals surface area (Å²) in [5.74, 6) is -0.769. The third-order valence-electron chi connectivity index (χ3n) is 3.28. The Bertz CT molecular complexity index is 365. The van der Waals surface area contributed by atoms with Crippen LogP contribution in [0.5, 0.6) is 0 Å². The molecule has 1 aliphatic rings. The molecule has 2 unspecified atom stereocenters. The fourth-order valence-electron chi connectivity index (χ4n) is 2.22. The number of aldehydes is 1. The summed E-state index contributed by atoms with van der Waals surface area (Å²) in [6.45, 7) is 6.17. The third-order valence-corrected chi connectivity index (χ3v) is 3.52. The van der Waals surface area contributed by atoms with Crippen LogP contribution in [0.3, 0.4) is 0 Å². The summed E-state index contributed by atoms with van der Waals surface area (Å²) >= 11 is 5.47. The van der Waals surface area contributed by atoms with Gasteiger partial charge in [0.15, 0.2) is 0 Å². The number of nitrogens with zero attached hydrogens (tertiary/aromatic N) is 1. The van der Waals surface area contributed by atoms with Crippen molar-refractivity contribution in [3.63, 3.8) is 0 Å². The van der Waals surface area contributed by atoms with Gasteiger partial charge < -0.3 is 15.0 Å². The first-order valence-corrected chi connectivity index (χ1v) is 6.95. The Kier molecular flexibility index (Phi) is 5.35. The van der Waals surface area contributed by atoms with Gasteiger partial charge in [0.1, 0.15) is 18.2 Å². The Morgan fingerprint density at radius 1 is 1.47 bits per heavy atom. The van der Waals surface area contributed by atoms with Crippen LogP contribution in [0.2, 0.25) is 0 Å². The number of amides is 2. The molecule has 0 saturated carbocycles. The largest absolute Gasteiger partial charge is 0.343 e. The molecule has 108 valence electrons. The standard InChI is InChI=1S/C13H21ClN2O3/c1-13(2,3)11(15-10(18)7-14)12(19)16-6-4-5-9(16)8-17/h8-9,11H,4-7H2,1-3H3,(H,15,18). The molecule has 0 radical (unpaired) electrons. The summed E-state index contributed by atoms with van der Waals surface area (Å²) in [6, 6.07) is -1.04. The van der Waals surface area contributed by atoms with Crippen LogP contribution in [0, 0.1) is 5.41 Å². The minimum Gasteiger partial charge on any atom is -0.343 e. The maximum absolute atomic E-state index is 12.5. The van der Waals surface area contributed by atoms with Gasteiger partial charge in [-0.3, -0.25) is 9.59 Å². The molecule has 0 bridgehead atoms. The average molecular weight is 289 g/mol. The molecule has 5 nitrogen and oxygen atoms in total. The van der Waals surface area contributed by atoms with Crippen LogP contribution in [0.1, 0.15) is 33.6 Å². The maximum atomic E-state index is 12.5. The van der Waals surface area contributed by atoms with Crippen LogP contribution in [-0.4, -0.2) is 47.5 Å². The van der Waals surface area contributed by atoms with E-state index in [0.29, 0.717) is 13.0 Å². The highest BCUT2D eigenvalue weighted by molar-refractivity contribution is 6.27. The summed E-state index contributed by atoms with van der Waals surface area (Å²) < 4.78 is 0. The SMILES string of the molecule is CC(C)(C)C(NC(=O)CCl)C(=O)N1CCCC1C=O. The molecular formula is C13H21ClN2O3. The third kappa shape index (κ3) is 3.93. The van der Waals surface area contributed by atoms with Gasteiger partial charge in [0.2, 0.25) is 11.8 Å². The number of rotatable bonds is 4. The number of alkyl halides is 1. The van der Waals surface area contributed by atoms with Crippen molar-refractivity contribution in [2.75, 3.05) is 12.4 Å². The van der Waals surface area contributed by atoms with Gasteiger partial charge in [-0.25, -0.2) is 0 Å². The lowest BCUT2D eigenvalue weighted by Gasteiger charge is -2.34. The molecule has 0 aromatic rings. The summed E-state index contributed by atoms with van der Waals surface area (Å²) in [4.78, 5) is 36.5. The lowest BCUT2D eigenvalue weighted by atomic mass is 9.85. The van der Waals surface area contributed by atoms with Gasteiger partial charge in [0.25, 0.3) is 0 Å². The van der Waals surface area contributed by atoms with Gasteiger partial charge in [-0.15, -0.1) is 11.6 Å². The van der Waals surface area contributed by atoms with Crippen LogP contribution < -0.4 is 5.32 Å². The summed E-state index contributed by atoms with van der Waals surface area (Å²) in [5, 5.41) is 2.65. The zero-order valence-electron chi connectivity index (χ0n) is 11.6. The smallest absolute Gasteiger partial charge is 0.246 e. The van der Waals surface area contributed by atoms with Crippen LogP contribution >= 0.6 is 11.6 Å². The molecule has 1 heterocycles. The average Bonchev–Trinajstić information content (AvgIpc) is 2.81. The molecular weight excluding hydrogens is 268 g/mol. The lowest BCUT2D eigenvalue weighted by molar-refractivity contribution is -0.141. The molecule has 1 fully saturated rings. The van der Waals surface area contributed by atoms with E-state index in [9.17, 15) is 14.4 Å². The highest BCUT2D eigenvalue weighted by Crippen LogP contribution is 2.25. The Labute approximate surface area is 118 Å². The summed E-state index contributed by atoms with van der Waals surface area (Å²) in [6.07, 6.45) is 2.30. The Balaban J connectivity index is 2.88. The minimum absolute atomic E-state index is 0.184. The molecule has 0 spiro atoms. The normalized spacial score (nSPS) is 21.1. The van der Waals surface area contributed by atoms with E-state index in [1.54, 1.807) is 4.90 Å². The van der Waals surface area contributed by atoms with Crippen LogP contribution in [0.15, 0.2) is 0 Å². The zero-order valence-corrected chi connectivity index (χ0v) is 12.4. The minimum atomic E-state index is -0.667. The summed E-state index contributed by atoms with van der Waals surface area (Å²) in [5.41, 5.74) is -0.436. The number of carbonyl (C=O) groups excluding carboxylic acids is 3. The number of halogens is 1. The monoisotopic (exact) mass is 288 g/mol. The van der Waals surface area contributed by atoms with Crippen LogP contribution in [0.4, 0.5) is 0 Å². The van der Waals surface area contributed by atoms with Gasteiger partial charge in [-0.05, 0) is 18.3 Å². The molecule has 6 heteroatoms. The molecule has 1 rings (SSSR count). The van der Waals surface area contributed by atoms with Crippen LogP contribution in [-0.2, 0) is 14.4 Å². The van der Waals surface area contributed by atoms with E-state index in [2.05, 4.69) is 5.32 Å². The quantitative estimate of drug-likeness (QED) is 0.619. The Hall–Kier alpha value is -1.10. The number of hydrogen-bond acceptors (Lipinski definition) is 3. The summed E-state index contributed by atoms with van der Waals surface area (Å²) in [7, 11) is 0. The number of nitrogens with one attached hydrogen (secondary N) is 1. The second kappa shape index (κ2) is 6.37. The van der Waals surface area contributed by atoms with E-state index in [0.717, 1.165) is 12.7 Å². The predicted octanol–water partition coefficient (Wildman–Crippen LogP) is 0.946. The van der Waals surface area contributed by atoms with Crippen molar-refractivity contribution in [2.45, 2.75) is 45.7 Å². The Morgan fingerprint density at radius 3 is 2.58 bits per heavy atom. The van der Waals surface area contributed by atoms with E-state index >= 15 is 0 Å². The van der Waals surface area contributed by atoms with E-state index in [4.69, 9.17) is 11.6 Å². The van der Waals surface area contributed by atoms with Gasteiger partial charge in [-0.1, -0.05) is 20.8 Å². The van der Waals surface area contributed by atoms with Crippen molar-refractivity contribution in [3.8, 4) is 0 Å². The number of likely N-dealkylation sites (tertiary alicyclic amines) is 1. The van der Waals surface area contributed by atoms with Crippen molar-refractivity contribution in [1.82, 2.24) is 10.2 Å². The van der Waals surface area contributed by atoms with E-state index in [1.165, 1.54) is 0 Å².